The molecule has 1 aromatic heterocycles. The van der Waals surface area contributed by atoms with Crippen molar-refractivity contribution in [2.75, 3.05) is 12.8 Å². The van der Waals surface area contributed by atoms with E-state index in [4.69, 9.17) is 33.7 Å². The van der Waals surface area contributed by atoms with Gasteiger partial charge >= 0.3 is 0 Å². The lowest BCUT2D eigenvalue weighted by Crippen LogP contribution is -2.38. The van der Waals surface area contributed by atoms with E-state index in [1.807, 2.05) is 6.07 Å². The third kappa shape index (κ3) is 2.71. The van der Waals surface area contributed by atoms with E-state index in [-0.39, 0.29) is 17.1 Å². The van der Waals surface area contributed by atoms with Crippen LogP contribution in [0, 0.1) is 5.82 Å². The molecule has 4 rings (SSSR count). The fraction of sp³-hybridized carbons (Fsp3) is 0.263. The van der Waals surface area contributed by atoms with Crippen LogP contribution in [-0.2, 0) is 6.42 Å². The van der Waals surface area contributed by atoms with Gasteiger partial charge in [0.15, 0.2) is 0 Å². The largest absolute Gasteiger partial charge is 0.495 e. The number of H-pyrrole nitrogens is 1. The number of hydrogen-bond acceptors (Lipinski definition) is 3. The Balaban J connectivity index is 1.92. The lowest BCUT2D eigenvalue weighted by molar-refractivity contribution is 0.414. The van der Waals surface area contributed by atoms with Crippen molar-refractivity contribution >= 4 is 39.8 Å². The molecular formula is C19H18Cl2FN3O. The number of methoxy groups -OCH3 is 1. The van der Waals surface area contributed by atoms with Gasteiger partial charge in [-0.3, -0.25) is 0 Å². The van der Waals surface area contributed by atoms with Crippen molar-refractivity contribution in [3.63, 3.8) is 0 Å². The average molecular weight is 394 g/mol. The molecule has 0 spiro atoms. The Hall–Kier alpha value is -1.95. The van der Waals surface area contributed by atoms with E-state index in [1.54, 1.807) is 19.2 Å². The van der Waals surface area contributed by atoms with E-state index >= 15 is 0 Å². The molecule has 0 bridgehead atoms. The summed E-state index contributed by atoms with van der Waals surface area (Å²) < 4.78 is 19.2. The number of hydrogen-bond donors (Lipinski definition) is 3. The van der Waals surface area contributed by atoms with Crippen LogP contribution in [0.3, 0.4) is 0 Å². The number of nitrogens with two attached hydrogens (primary N) is 1. The summed E-state index contributed by atoms with van der Waals surface area (Å²) in [6.45, 7) is 2.09. The Bertz CT molecular complexity index is 1020. The third-order valence-corrected chi connectivity index (χ3v) is 5.48. The number of ether oxygens (including phenoxy) is 1. The topological polar surface area (TPSA) is 63.1 Å². The molecule has 1 aliphatic rings. The first-order chi connectivity index (χ1) is 12.4. The van der Waals surface area contributed by atoms with E-state index in [0.29, 0.717) is 16.5 Å². The molecular weight excluding hydrogens is 376 g/mol. The zero-order chi connectivity index (χ0) is 18.6. The number of nitrogens with one attached hydrogen (secondary N) is 2. The van der Waals surface area contributed by atoms with E-state index in [2.05, 4.69) is 17.2 Å². The first kappa shape index (κ1) is 17.5. The number of nitrogen functional groups attached to an aromatic ring is 1. The van der Waals surface area contributed by atoms with Gasteiger partial charge in [-0.25, -0.2) is 4.39 Å². The molecule has 3 aromatic rings. The number of aromatic amines is 1. The van der Waals surface area contributed by atoms with Crippen LogP contribution in [-0.4, -0.2) is 18.1 Å². The zero-order valence-corrected chi connectivity index (χ0v) is 15.8. The molecule has 0 aliphatic carbocycles. The van der Waals surface area contributed by atoms with Crippen molar-refractivity contribution in [2.24, 2.45) is 0 Å². The van der Waals surface area contributed by atoms with Crippen LogP contribution < -0.4 is 15.8 Å². The predicted octanol–water partition coefficient (Wildman–Crippen LogP) is 4.83. The maximum Gasteiger partial charge on any atom is 0.142 e. The van der Waals surface area contributed by atoms with Crippen molar-refractivity contribution in [1.29, 1.82) is 0 Å². The number of halogens is 3. The van der Waals surface area contributed by atoms with Gasteiger partial charge in [-0.05, 0) is 42.7 Å². The van der Waals surface area contributed by atoms with Gasteiger partial charge in [0, 0.05) is 34.4 Å². The van der Waals surface area contributed by atoms with Crippen LogP contribution in [0.4, 0.5) is 10.1 Å². The summed E-state index contributed by atoms with van der Waals surface area (Å²) in [7, 11) is 1.55. The highest BCUT2D eigenvalue weighted by Gasteiger charge is 2.30. The molecule has 7 heteroatoms. The van der Waals surface area contributed by atoms with Gasteiger partial charge in [0.05, 0.1) is 23.2 Å². The van der Waals surface area contributed by atoms with Crippen LogP contribution in [0.15, 0.2) is 24.3 Å². The smallest absolute Gasteiger partial charge is 0.142 e. The van der Waals surface area contributed by atoms with Crippen molar-refractivity contribution in [2.45, 2.75) is 25.4 Å². The molecule has 0 fully saturated rings. The van der Waals surface area contributed by atoms with Crippen LogP contribution >= 0.6 is 23.2 Å². The Labute approximate surface area is 160 Å². The number of anilines is 1. The van der Waals surface area contributed by atoms with E-state index < -0.39 is 5.82 Å². The molecule has 2 unspecified atom stereocenters. The van der Waals surface area contributed by atoms with E-state index in [0.717, 1.165) is 34.1 Å². The molecule has 4 N–H and O–H groups in total. The Morgan fingerprint density at radius 2 is 1.96 bits per heavy atom. The summed E-state index contributed by atoms with van der Waals surface area (Å²) in [5.74, 6) is 0.109. The number of benzene rings is 2. The second-order valence-corrected chi connectivity index (χ2v) is 7.46. The van der Waals surface area contributed by atoms with Gasteiger partial charge in [0.25, 0.3) is 0 Å². The molecule has 0 saturated carbocycles. The molecule has 1 aliphatic heterocycles. The highest BCUT2D eigenvalue weighted by molar-refractivity contribution is 6.32. The highest BCUT2D eigenvalue weighted by atomic mass is 35.5. The molecule has 2 atom stereocenters. The Morgan fingerprint density at radius 1 is 1.19 bits per heavy atom. The monoisotopic (exact) mass is 393 g/mol. The number of rotatable bonds is 2. The average Bonchev–Trinajstić information content (AvgIpc) is 2.94. The molecule has 136 valence electrons. The molecule has 2 heterocycles. The molecule has 0 saturated heterocycles. The van der Waals surface area contributed by atoms with Gasteiger partial charge in [0.2, 0.25) is 0 Å². The summed E-state index contributed by atoms with van der Waals surface area (Å²) in [6.07, 6.45) is 0.775. The minimum atomic E-state index is -0.421. The van der Waals surface area contributed by atoms with E-state index in [9.17, 15) is 4.39 Å². The van der Waals surface area contributed by atoms with Crippen LogP contribution in [0.2, 0.25) is 10.0 Å². The lowest BCUT2D eigenvalue weighted by atomic mass is 9.90. The van der Waals surface area contributed by atoms with Gasteiger partial charge in [0.1, 0.15) is 11.6 Å². The summed E-state index contributed by atoms with van der Waals surface area (Å²) in [5, 5.41) is 4.98. The number of aromatic nitrogens is 1. The second kappa shape index (κ2) is 6.34. The molecule has 26 heavy (non-hydrogen) atoms. The summed E-state index contributed by atoms with van der Waals surface area (Å²) in [6, 6.07) is 6.64. The normalized spacial score (nSPS) is 19.6. The second-order valence-electron chi connectivity index (χ2n) is 6.65. The fourth-order valence-electron chi connectivity index (χ4n) is 3.70. The quantitative estimate of drug-likeness (QED) is 0.546. The first-order valence-corrected chi connectivity index (χ1v) is 9.03. The first-order valence-electron chi connectivity index (χ1n) is 8.27. The standard InChI is InChI=1S/C19H18Cl2FN3O/c1-8-3-10-9-5-14(22)12(20)6-16(9)25-18(10)19(24-8)11-4-13(21)17(26-2)7-15(11)23/h4-8,19,24-25H,3,23H2,1-2H3. The summed E-state index contributed by atoms with van der Waals surface area (Å²) >= 11 is 12.3. The van der Waals surface area contributed by atoms with Crippen molar-refractivity contribution in [1.82, 2.24) is 10.3 Å². The third-order valence-electron chi connectivity index (χ3n) is 4.90. The Morgan fingerprint density at radius 3 is 2.69 bits per heavy atom. The van der Waals surface area contributed by atoms with Crippen LogP contribution in [0.25, 0.3) is 10.9 Å². The SMILES string of the molecule is COc1cc(N)c(C2NC(C)Cc3c2[nH]c2cc(Cl)c(F)cc32)cc1Cl. The maximum atomic E-state index is 14.0. The van der Waals surface area contributed by atoms with Crippen molar-refractivity contribution in [3.8, 4) is 5.75 Å². The van der Waals surface area contributed by atoms with Crippen molar-refractivity contribution < 1.29 is 9.13 Å². The number of fused-ring (bicyclic) bond motifs is 3. The van der Waals surface area contributed by atoms with Gasteiger partial charge < -0.3 is 20.8 Å². The molecule has 4 nitrogen and oxygen atoms in total. The fourth-order valence-corrected chi connectivity index (χ4v) is 4.11. The van der Waals surface area contributed by atoms with Gasteiger partial charge in [-0.2, -0.15) is 0 Å². The zero-order valence-electron chi connectivity index (χ0n) is 14.3. The Kier molecular flexibility index (Phi) is 4.26. The van der Waals surface area contributed by atoms with Crippen LogP contribution in [0.5, 0.6) is 5.75 Å². The van der Waals surface area contributed by atoms with Crippen LogP contribution in [0.1, 0.15) is 29.8 Å². The molecule has 0 amide bonds. The minimum absolute atomic E-state index is 0.0978. The highest BCUT2D eigenvalue weighted by Crippen LogP contribution is 2.40. The predicted molar refractivity (Wildman–Crippen MR) is 104 cm³/mol. The van der Waals surface area contributed by atoms with Crippen molar-refractivity contribution in [3.05, 3.63) is 56.9 Å². The maximum absolute atomic E-state index is 14.0. The minimum Gasteiger partial charge on any atom is -0.495 e. The molecule has 2 aromatic carbocycles. The van der Waals surface area contributed by atoms with Gasteiger partial charge in [-0.15, -0.1) is 0 Å². The van der Waals surface area contributed by atoms with Gasteiger partial charge in [-0.1, -0.05) is 23.2 Å². The summed E-state index contributed by atoms with van der Waals surface area (Å²) in [4.78, 5) is 3.38. The molecule has 0 radical (unpaired) electrons. The lowest BCUT2D eigenvalue weighted by Gasteiger charge is -2.30. The summed E-state index contributed by atoms with van der Waals surface area (Å²) in [5.41, 5.74) is 10.5. The van der Waals surface area contributed by atoms with E-state index in [1.165, 1.54) is 6.07 Å².